The second kappa shape index (κ2) is 7.10. The fourth-order valence-electron chi connectivity index (χ4n) is 2.29. The van der Waals surface area contributed by atoms with Crippen molar-refractivity contribution in [3.8, 4) is 0 Å². The minimum absolute atomic E-state index is 0. The van der Waals surface area contributed by atoms with Crippen molar-refractivity contribution in [2.75, 3.05) is 6.54 Å². The second-order valence-electron chi connectivity index (χ2n) is 8.38. The molecule has 0 bridgehead atoms. The van der Waals surface area contributed by atoms with Gasteiger partial charge in [0.2, 0.25) is 0 Å². The molecule has 0 aliphatic carbocycles. The summed E-state index contributed by atoms with van der Waals surface area (Å²) in [5.74, 6) is 0. The Balaban J connectivity index is 0.00000264. The van der Waals surface area contributed by atoms with Gasteiger partial charge in [0.25, 0.3) is 0 Å². The third-order valence-corrected chi connectivity index (χ3v) is 4.33. The van der Waals surface area contributed by atoms with Crippen molar-refractivity contribution in [2.45, 2.75) is 66.2 Å². The van der Waals surface area contributed by atoms with Crippen LogP contribution in [0.25, 0.3) is 0 Å². The molecule has 23 heavy (non-hydrogen) atoms. The maximum absolute atomic E-state index is 6.08. The van der Waals surface area contributed by atoms with Crippen LogP contribution in [0, 0.1) is 5.41 Å². The lowest BCUT2D eigenvalue weighted by Gasteiger charge is -2.32. The molecule has 1 aliphatic rings. The second-order valence-corrected chi connectivity index (χ2v) is 8.38. The van der Waals surface area contributed by atoms with Crippen LogP contribution in [0.4, 0.5) is 0 Å². The Bertz CT molecular complexity index is 514. The number of aromatic nitrogens is 1. The first-order valence-corrected chi connectivity index (χ1v) is 8.00. The minimum atomic E-state index is -0.347. The number of hydrogen-bond acceptors (Lipinski definition) is 4. The highest BCUT2D eigenvalue weighted by Gasteiger charge is 2.51. The first kappa shape index (κ1) is 20.4. The molecule has 2 heterocycles. The normalized spacial score (nSPS) is 19.5. The topological polar surface area (TPSA) is 43.4 Å². The van der Waals surface area contributed by atoms with Crippen molar-refractivity contribution in [3.63, 3.8) is 0 Å². The summed E-state index contributed by atoms with van der Waals surface area (Å²) in [6.45, 7) is 16.7. The van der Waals surface area contributed by atoms with Crippen molar-refractivity contribution in [2.24, 2.45) is 5.41 Å². The van der Waals surface area contributed by atoms with Gasteiger partial charge in [0.1, 0.15) is 0 Å². The van der Waals surface area contributed by atoms with Crippen molar-refractivity contribution in [1.82, 2.24) is 10.3 Å². The van der Waals surface area contributed by atoms with E-state index in [1.165, 1.54) is 0 Å². The molecule has 0 atom stereocenters. The Morgan fingerprint density at radius 2 is 1.65 bits per heavy atom. The van der Waals surface area contributed by atoms with Crippen molar-refractivity contribution in [1.29, 1.82) is 0 Å². The van der Waals surface area contributed by atoms with E-state index < -0.39 is 0 Å². The molecule has 0 unspecified atom stereocenters. The third kappa shape index (κ3) is 5.18. The van der Waals surface area contributed by atoms with Gasteiger partial charge in [0.05, 0.1) is 11.2 Å². The summed E-state index contributed by atoms with van der Waals surface area (Å²) in [6.07, 6.45) is 3.72. The standard InChI is InChI=1S/C17H29BN2O2.ClH/c1-15(2,3)12-20-10-13-8-14(11-19-9-13)18-21-16(4,5)17(6,7)22-18;/h8-9,11,20H,10,12H2,1-7H3;1H. The van der Waals surface area contributed by atoms with Crippen LogP contribution in [-0.4, -0.2) is 29.8 Å². The van der Waals surface area contributed by atoms with E-state index in [1.807, 2.05) is 12.4 Å². The Morgan fingerprint density at radius 3 is 2.17 bits per heavy atom. The van der Waals surface area contributed by atoms with Crippen molar-refractivity contribution in [3.05, 3.63) is 24.0 Å². The van der Waals surface area contributed by atoms with Crippen molar-refractivity contribution >= 4 is 25.0 Å². The van der Waals surface area contributed by atoms with Crippen molar-refractivity contribution < 1.29 is 9.31 Å². The summed E-state index contributed by atoms with van der Waals surface area (Å²) in [7, 11) is -0.347. The Morgan fingerprint density at radius 1 is 1.09 bits per heavy atom. The lowest BCUT2D eigenvalue weighted by molar-refractivity contribution is 0.00578. The summed E-state index contributed by atoms with van der Waals surface area (Å²) in [5, 5.41) is 3.47. The average molecular weight is 341 g/mol. The van der Waals surface area contributed by atoms with Crippen LogP contribution in [0.5, 0.6) is 0 Å². The van der Waals surface area contributed by atoms with E-state index in [1.54, 1.807) is 0 Å². The highest BCUT2D eigenvalue weighted by Crippen LogP contribution is 2.36. The zero-order valence-corrected chi connectivity index (χ0v) is 16.2. The molecule has 1 saturated heterocycles. The van der Waals surface area contributed by atoms with Gasteiger partial charge in [-0.05, 0) is 38.7 Å². The summed E-state index contributed by atoms with van der Waals surface area (Å²) in [4.78, 5) is 4.34. The smallest absolute Gasteiger partial charge is 0.399 e. The van der Waals surface area contributed by atoms with E-state index in [9.17, 15) is 0 Å². The van der Waals surface area contributed by atoms with Crippen LogP contribution < -0.4 is 10.8 Å². The first-order valence-electron chi connectivity index (χ1n) is 8.00. The fourth-order valence-corrected chi connectivity index (χ4v) is 2.29. The summed E-state index contributed by atoms with van der Waals surface area (Å²) in [6, 6.07) is 2.12. The molecular formula is C17H30BClN2O2. The predicted octanol–water partition coefficient (Wildman–Crippen LogP) is 2.94. The van der Waals surface area contributed by atoms with Gasteiger partial charge in [-0.15, -0.1) is 12.4 Å². The maximum atomic E-state index is 6.08. The lowest BCUT2D eigenvalue weighted by atomic mass is 9.80. The molecule has 6 heteroatoms. The predicted molar refractivity (Wildman–Crippen MR) is 98.4 cm³/mol. The zero-order valence-electron chi connectivity index (χ0n) is 15.4. The molecule has 0 spiro atoms. The van der Waals surface area contributed by atoms with Gasteiger partial charge >= 0.3 is 7.12 Å². The van der Waals surface area contributed by atoms with Crippen LogP contribution in [0.15, 0.2) is 18.5 Å². The monoisotopic (exact) mass is 340 g/mol. The summed E-state index contributed by atoms with van der Waals surface area (Å²) in [5.41, 5.74) is 1.76. The van der Waals surface area contributed by atoms with Gasteiger partial charge in [-0.3, -0.25) is 4.98 Å². The molecule has 4 nitrogen and oxygen atoms in total. The number of nitrogens with one attached hydrogen (secondary N) is 1. The first-order chi connectivity index (χ1) is 10.0. The summed E-state index contributed by atoms with van der Waals surface area (Å²) < 4.78 is 12.2. The number of hydrogen-bond donors (Lipinski definition) is 1. The highest BCUT2D eigenvalue weighted by molar-refractivity contribution is 6.62. The Labute approximate surface area is 147 Å². The van der Waals surface area contributed by atoms with E-state index in [2.05, 4.69) is 64.8 Å². The summed E-state index contributed by atoms with van der Waals surface area (Å²) >= 11 is 0. The van der Waals surface area contributed by atoms with Gasteiger partial charge in [-0.2, -0.15) is 0 Å². The number of nitrogens with zero attached hydrogens (tertiary/aromatic N) is 1. The molecule has 1 aliphatic heterocycles. The number of pyridine rings is 1. The van der Waals surface area contributed by atoms with Gasteiger partial charge in [0.15, 0.2) is 0 Å². The van der Waals surface area contributed by atoms with Crippen LogP contribution in [0.1, 0.15) is 54.0 Å². The van der Waals surface area contributed by atoms with Crippen LogP contribution in [0.2, 0.25) is 0 Å². The molecule has 1 N–H and O–H groups in total. The van der Waals surface area contributed by atoms with Gasteiger partial charge < -0.3 is 14.6 Å². The molecule has 0 radical (unpaired) electrons. The van der Waals surface area contributed by atoms with Gasteiger partial charge in [-0.1, -0.05) is 26.8 Å². The average Bonchev–Trinajstić information content (AvgIpc) is 2.57. The molecular weight excluding hydrogens is 310 g/mol. The third-order valence-electron chi connectivity index (χ3n) is 4.33. The van der Waals surface area contributed by atoms with Gasteiger partial charge in [-0.25, -0.2) is 0 Å². The molecule has 1 aromatic heterocycles. The molecule has 0 aromatic carbocycles. The van der Waals surface area contributed by atoms with Crippen LogP contribution >= 0.6 is 12.4 Å². The van der Waals surface area contributed by atoms with Gasteiger partial charge in [0, 0.05) is 30.9 Å². The highest BCUT2D eigenvalue weighted by atomic mass is 35.5. The van der Waals surface area contributed by atoms with E-state index in [-0.39, 0.29) is 36.1 Å². The number of halogens is 1. The molecule has 2 rings (SSSR count). The molecule has 0 amide bonds. The number of rotatable bonds is 4. The van der Waals surface area contributed by atoms with Crippen LogP contribution in [-0.2, 0) is 15.9 Å². The minimum Gasteiger partial charge on any atom is -0.399 e. The molecule has 130 valence electrons. The largest absolute Gasteiger partial charge is 0.496 e. The van der Waals surface area contributed by atoms with E-state index in [0.717, 1.165) is 24.1 Å². The molecule has 1 aromatic rings. The molecule has 0 saturated carbocycles. The lowest BCUT2D eigenvalue weighted by Crippen LogP contribution is -2.41. The Kier molecular flexibility index (Phi) is 6.30. The molecule has 1 fully saturated rings. The fraction of sp³-hybridized carbons (Fsp3) is 0.706. The quantitative estimate of drug-likeness (QED) is 0.856. The maximum Gasteiger partial charge on any atom is 0.496 e. The van der Waals surface area contributed by atoms with E-state index in [0.29, 0.717) is 0 Å². The zero-order chi connectivity index (χ0) is 16.6. The Hall–Kier alpha value is -0.615. The SMILES string of the molecule is CC(C)(C)CNCc1cncc(B2OC(C)(C)C(C)(C)O2)c1.Cl. The van der Waals surface area contributed by atoms with E-state index >= 15 is 0 Å². The van der Waals surface area contributed by atoms with E-state index in [4.69, 9.17) is 9.31 Å². The van der Waals surface area contributed by atoms with Crippen LogP contribution in [0.3, 0.4) is 0 Å².